The Morgan fingerprint density at radius 1 is 0.971 bits per heavy atom. The van der Waals surface area contributed by atoms with Gasteiger partial charge in [0.15, 0.2) is 11.0 Å². The number of amides is 1. The molecule has 0 bridgehead atoms. The third-order valence-corrected chi connectivity index (χ3v) is 6.64. The number of carbonyl (C=O) groups is 1. The summed E-state index contributed by atoms with van der Waals surface area (Å²) >= 11 is 7.63. The molecular formula is C26H26ClN5OS. The highest BCUT2D eigenvalue weighted by Crippen LogP contribution is 2.23. The van der Waals surface area contributed by atoms with Crippen LogP contribution in [0.5, 0.6) is 0 Å². The third-order valence-electron chi connectivity index (χ3n) is 5.27. The lowest BCUT2D eigenvalue weighted by Crippen LogP contribution is -2.15. The molecule has 6 nitrogen and oxygen atoms in total. The van der Waals surface area contributed by atoms with Crippen LogP contribution in [0.1, 0.15) is 22.5 Å². The van der Waals surface area contributed by atoms with Gasteiger partial charge in [0.2, 0.25) is 5.91 Å². The molecule has 0 saturated heterocycles. The summed E-state index contributed by atoms with van der Waals surface area (Å²) in [5, 5.41) is 16.5. The van der Waals surface area contributed by atoms with Gasteiger partial charge in [-0.2, -0.15) is 0 Å². The molecule has 0 fully saturated rings. The first-order valence-corrected chi connectivity index (χ1v) is 12.3. The van der Waals surface area contributed by atoms with Crippen molar-refractivity contribution < 1.29 is 4.79 Å². The van der Waals surface area contributed by atoms with Crippen LogP contribution in [0.15, 0.2) is 78.0 Å². The minimum atomic E-state index is -0.0860. The van der Waals surface area contributed by atoms with Crippen molar-refractivity contribution in [2.75, 3.05) is 16.4 Å². The van der Waals surface area contributed by atoms with Crippen LogP contribution in [0, 0.1) is 13.8 Å². The summed E-state index contributed by atoms with van der Waals surface area (Å²) in [5.74, 6) is 0.931. The summed E-state index contributed by atoms with van der Waals surface area (Å²) in [5.41, 5.74) is 5.01. The van der Waals surface area contributed by atoms with Crippen LogP contribution >= 0.6 is 23.4 Å². The van der Waals surface area contributed by atoms with E-state index < -0.39 is 0 Å². The summed E-state index contributed by atoms with van der Waals surface area (Å²) < 4.78 is 2.04. The Morgan fingerprint density at radius 3 is 2.44 bits per heavy atom. The van der Waals surface area contributed by atoms with E-state index in [0.717, 1.165) is 33.9 Å². The van der Waals surface area contributed by atoms with Crippen LogP contribution in [0.25, 0.3) is 0 Å². The van der Waals surface area contributed by atoms with E-state index in [0.29, 0.717) is 23.3 Å². The van der Waals surface area contributed by atoms with Crippen LogP contribution in [-0.2, 0) is 17.9 Å². The Labute approximate surface area is 208 Å². The molecular weight excluding hydrogens is 466 g/mol. The average Bonchev–Trinajstić information content (AvgIpc) is 3.22. The number of benzene rings is 3. The van der Waals surface area contributed by atoms with Gasteiger partial charge in [0.1, 0.15) is 0 Å². The zero-order chi connectivity index (χ0) is 23.9. The minimum absolute atomic E-state index is 0.0860. The van der Waals surface area contributed by atoms with E-state index in [1.807, 2.05) is 79.1 Å². The van der Waals surface area contributed by atoms with Gasteiger partial charge in [-0.3, -0.25) is 4.79 Å². The first kappa shape index (κ1) is 23.9. The van der Waals surface area contributed by atoms with Crippen molar-refractivity contribution in [3.8, 4) is 0 Å². The molecule has 0 spiro atoms. The molecule has 0 aliphatic carbocycles. The number of rotatable bonds is 9. The molecule has 34 heavy (non-hydrogen) atoms. The highest BCUT2D eigenvalue weighted by Gasteiger charge is 2.15. The SMILES string of the molecule is Cc1ccc(NC(=O)CSc2nnc(CNc3ccc(C)c(Cl)c3)n2Cc2ccccc2)cc1. The molecule has 0 unspecified atom stereocenters. The molecule has 3 aromatic carbocycles. The number of nitrogens with zero attached hydrogens (tertiary/aromatic N) is 3. The average molecular weight is 492 g/mol. The summed E-state index contributed by atoms with van der Waals surface area (Å²) in [6.07, 6.45) is 0. The molecule has 174 valence electrons. The standard InChI is InChI=1S/C26H26ClN5OS/c1-18-8-11-21(12-9-18)29-25(33)17-34-26-31-30-24(32(26)16-20-6-4-3-5-7-20)15-28-22-13-10-19(2)23(27)14-22/h3-14,28H,15-17H2,1-2H3,(H,29,33). The molecule has 1 heterocycles. The fourth-order valence-corrected chi connectivity index (χ4v) is 4.27. The van der Waals surface area contributed by atoms with Crippen molar-refractivity contribution in [3.05, 3.63) is 100 Å². The van der Waals surface area contributed by atoms with Crippen molar-refractivity contribution in [1.29, 1.82) is 0 Å². The maximum Gasteiger partial charge on any atom is 0.234 e. The van der Waals surface area contributed by atoms with E-state index in [4.69, 9.17) is 11.6 Å². The largest absolute Gasteiger partial charge is 0.378 e. The number of aromatic nitrogens is 3. The number of hydrogen-bond acceptors (Lipinski definition) is 5. The summed E-state index contributed by atoms with van der Waals surface area (Å²) in [6, 6.07) is 23.8. The van der Waals surface area contributed by atoms with Crippen molar-refractivity contribution >= 4 is 40.6 Å². The van der Waals surface area contributed by atoms with Crippen molar-refractivity contribution in [1.82, 2.24) is 14.8 Å². The third kappa shape index (κ3) is 6.40. The first-order valence-electron chi connectivity index (χ1n) is 10.9. The molecule has 0 aliphatic heterocycles. The Bertz CT molecular complexity index is 1260. The number of halogens is 1. The van der Waals surface area contributed by atoms with Gasteiger partial charge in [-0.25, -0.2) is 0 Å². The highest BCUT2D eigenvalue weighted by atomic mass is 35.5. The molecule has 4 aromatic rings. The van der Waals surface area contributed by atoms with Crippen LogP contribution in [0.4, 0.5) is 11.4 Å². The lowest BCUT2D eigenvalue weighted by molar-refractivity contribution is -0.113. The Kier molecular flexibility index (Phi) is 7.87. The number of hydrogen-bond donors (Lipinski definition) is 2. The number of anilines is 2. The van der Waals surface area contributed by atoms with E-state index in [1.54, 1.807) is 0 Å². The van der Waals surface area contributed by atoms with Gasteiger partial charge in [-0.15, -0.1) is 10.2 Å². The van der Waals surface area contributed by atoms with Gasteiger partial charge >= 0.3 is 0 Å². The molecule has 1 aromatic heterocycles. The smallest absolute Gasteiger partial charge is 0.234 e. The van der Waals surface area contributed by atoms with Gasteiger partial charge in [-0.05, 0) is 49.2 Å². The molecule has 1 amide bonds. The summed E-state index contributed by atoms with van der Waals surface area (Å²) in [4.78, 5) is 12.5. The summed E-state index contributed by atoms with van der Waals surface area (Å²) in [6.45, 7) is 5.08. The van der Waals surface area contributed by atoms with E-state index >= 15 is 0 Å². The van der Waals surface area contributed by atoms with E-state index in [1.165, 1.54) is 11.8 Å². The van der Waals surface area contributed by atoms with Gasteiger partial charge in [0.25, 0.3) is 0 Å². The van der Waals surface area contributed by atoms with E-state index in [-0.39, 0.29) is 11.7 Å². The second-order valence-electron chi connectivity index (χ2n) is 7.99. The van der Waals surface area contributed by atoms with Gasteiger partial charge in [0.05, 0.1) is 18.8 Å². The fraction of sp³-hybridized carbons (Fsp3) is 0.192. The number of thioether (sulfide) groups is 1. The normalized spacial score (nSPS) is 10.8. The fourth-order valence-electron chi connectivity index (χ4n) is 3.33. The van der Waals surface area contributed by atoms with Crippen LogP contribution < -0.4 is 10.6 Å². The summed E-state index contributed by atoms with van der Waals surface area (Å²) in [7, 11) is 0. The Morgan fingerprint density at radius 2 is 1.71 bits per heavy atom. The molecule has 4 rings (SSSR count). The van der Waals surface area contributed by atoms with E-state index in [9.17, 15) is 4.79 Å². The highest BCUT2D eigenvalue weighted by molar-refractivity contribution is 7.99. The molecule has 0 saturated carbocycles. The maximum absolute atomic E-state index is 12.5. The number of aryl methyl sites for hydroxylation is 2. The molecule has 2 N–H and O–H groups in total. The minimum Gasteiger partial charge on any atom is -0.378 e. The van der Waals surface area contributed by atoms with Crippen molar-refractivity contribution in [2.45, 2.75) is 32.1 Å². The maximum atomic E-state index is 12.5. The van der Waals surface area contributed by atoms with Gasteiger partial charge in [-0.1, -0.05) is 77.5 Å². The predicted octanol–water partition coefficient (Wildman–Crippen LogP) is 5.94. The number of carbonyl (C=O) groups excluding carboxylic acids is 1. The molecule has 8 heteroatoms. The van der Waals surface area contributed by atoms with E-state index in [2.05, 4.69) is 33.0 Å². The molecule has 0 radical (unpaired) electrons. The molecule has 0 aliphatic rings. The van der Waals surface area contributed by atoms with Crippen molar-refractivity contribution in [3.63, 3.8) is 0 Å². The Balaban J connectivity index is 1.47. The quantitative estimate of drug-likeness (QED) is 0.283. The lowest BCUT2D eigenvalue weighted by atomic mass is 10.2. The molecule has 0 atom stereocenters. The van der Waals surface area contributed by atoms with Crippen LogP contribution in [0.2, 0.25) is 5.02 Å². The van der Waals surface area contributed by atoms with Gasteiger partial charge < -0.3 is 15.2 Å². The Hall–Kier alpha value is -3.29. The monoisotopic (exact) mass is 491 g/mol. The second-order valence-corrected chi connectivity index (χ2v) is 9.34. The van der Waals surface area contributed by atoms with Crippen LogP contribution in [0.3, 0.4) is 0 Å². The van der Waals surface area contributed by atoms with Crippen molar-refractivity contribution in [2.24, 2.45) is 0 Å². The topological polar surface area (TPSA) is 71.8 Å². The van der Waals surface area contributed by atoms with Crippen LogP contribution in [-0.4, -0.2) is 26.4 Å². The number of nitrogens with one attached hydrogen (secondary N) is 2. The zero-order valence-electron chi connectivity index (χ0n) is 19.1. The predicted molar refractivity (Wildman–Crippen MR) is 140 cm³/mol. The second kappa shape index (κ2) is 11.2. The lowest BCUT2D eigenvalue weighted by Gasteiger charge is -2.12. The zero-order valence-corrected chi connectivity index (χ0v) is 20.7. The van der Waals surface area contributed by atoms with Gasteiger partial charge in [0, 0.05) is 16.4 Å². The first-order chi connectivity index (χ1) is 16.5.